The van der Waals surface area contributed by atoms with Crippen LogP contribution in [0.4, 0.5) is 10.1 Å². The first kappa shape index (κ1) is 19.3. The molecule has 8 heteroatoms. The van der Waals surface area contributed by atoms with Gasteiger partial charge >= 0.3 is 0 Å². The van der Waals surface area contributed by atoms with Crippen LogP contribution in [0.1, 0.15) is 40.0 Å². The summed E-state index contributed by atoms with van der Waals surface area (Å²) in [5.41, 5.74) is 1.52. The molecule has 0 radical (unpaired) electrons. The van der Waals surface area contributed by atoms with E-state index in [9.17, 15) is 22.4 Å². The van der Waals surface area contributed by atoms with Crippen molar-refractivity contribution in [3.05, 3.63) is 53.3 Å². The van der Waals surface area contributed by atoms with Crippen LogP contribution in [0.25, 0.3) is 22.3 Å². The van der Waals surface area contributed by atoms with E-state index in [0.717, 1.165) is 6.26 Å². The zero-order valence-corrected chi connectivity index (χ0v) is 16.5. The monoisotopic (exact) mass is 415 g/mol. The van der Waals surface area contributed by atoms with Crippen molar-refractivity contribution in [2.75, 3.05) is 17.1 Å². The first-order chi connectivity index (χ1) is 13.8. The first-order valence-corrected chi connectivity index (χ1v) is 11.0. The molecule has 0 fully saturated rings. The molecule has 6 nitrogen and oxygen atoms in total. The molecule has 4 rings (SSSR count). The van der Waals surface area contributed by atoms with E-state index in [1.165, 1.54) is 40.7 Å². The minimum absolute atomic E-state index is 0.184. The average Bonchev–Trinajstić information content (AvgIpc) is 3.02. The van der Waals surface area contributed by atoms with Crippen molar-refractivity contribution in [2.45, 2.75) is 19.3 Å². The number of rotatable bonds is 3. The molecule has 0 aliphatic carbocycles. The Labute approximate surface area is 167 Å². The number of carbonyl (C=O) groups is 2. The second-order valence-electron chi connectivity index (χ2n) is 7.05. The lowest BCUT2D eigenvalue weighted by Gasteiger charge is -2.26. The van der Waals surface area contributed by atoms with Gasteiger partial charge in [0.05, 0.1) is 17.5 Å². The fraction of sp³-hybridized carbons (Fsp3) is 0.238. The molecule has 3 aromatic rings. The summed E-state index contributed by atoms with van der Waals surface area (Å²) in [7, 11) is -3.61. The molecule has 0 spiro atoms. The highest BCUT2D eigenvalue weighted by Crippen LogP contribution is 2.38. The molecule has 0 saturated carbocycles. The van der Waals surface area contributed by atoms with Gasteiger partial charge in [-0.25, -0.2) is 12.8 Å². The molecular formula is C21H18FNO5S. The van der Waals surface area contributed by atoms with Gasteiger partial charge in [0.15, 0.2) is 12.1 Å². The van der Waals surface area contributed by atoms with Crippen LogP contribution in [0, 0.1) is 5.82 Å². The maximum Gasteiger partial charge on any atom is 0.232 e. The number of ketones is 1. The van der Waals surface area contributed by atoms with Crippen molar-refractivity contribution in [3.8, 4) is 11.3 Å². The SMILES string of the molecule is CS(=O)(=O)N1CCCCC(=O)c2cc3c(C=O)c(-c4ccc(F)cc4)oc3cc21. The summed E-state index contributed by atoms with van der Waals surface area (Å²) in [6.45, 7) is 0.261. The lowest BCUT2D eigenvalue weighted by Crippen LogP contribution is -2.33. The lowest BCUT2D eigenvalue weighted by molar-refractivity contribution is 0.0978. The van der Waals surface area contributed by atoms with E-state index in [2.05, 4.69) is 0 Å². The number of halogens is 1. The average molecular weight is 415 g/mol. The Morgan fingerprint density at radius 2 is 1.86 bits per heavy atom. The lowest BCUT2D eigenvalue weighted by atomic mass is 9.98. The van der Waals surface area contributed by atoms with Crippen LogP contribution in [0.2, 0.25) is 0 Å². The Bertz CT molecular complexity index is 1230. The normalized spacial score (nSPS) is 15.1. The molecule has 0 amide bonds. The van der Waals surface area contributed by atoms with Gasteiger partial charge in [-0.1, -0.05) is 0 Å². The van der Waals surface area contributed by atoms with E-state index in [-0.39, 0.29) is 40.5 Å². The van der Waals surface area contributed by atoms with Crippen LogP contribution < -0.4 is 4.31 Å². The van der Waals surface area contributed by atoms with Crippen LogP contribution in [0.5, 0.6) is 0 Å². The predicted molar refractivity (Wildman–Crippen MR) is 107 cm³/mol. The molecule has 1 aliphatic rings. The maximum absolute atomic E-state index is 13.3. The van der Waals surface area contributed by atoms with Crippen LogP contribution >= 0.6 is 0 Å². The minimum Gasteiger partial charge on any atom is -0.455 e. The van der Waals surface area contributed by atoms with Gasteiger partial charge in [0.2, 0.25) is 10.0 Å². The summed E-state index contributed by atoms with van der Waals surface area (Å²) in [6.07, 6.45) is 3.16. The molecule has 2 aromatic carbocycles. The van der Waals surface area contributed by atoms with Crippen molar-refractivity contribution in [2.24, 2.45) is 0 Å². The number of hydrogen-bond donors (Lipinski definition) is 0. The molecule has 0 saturated heterocycles. The largest absolute Gasteiger partial charge is 0.455 e. The highest BCUT2D eigenvalue weighted by Gasteiger charge is 2.28. The van der Waals surface area contributed by atoms with E-state index in [1.54, 1.807) is 0 Å². The number of Topliss-reactive ketones (excluding diaryl/α,β-unsaturated/α-hetero) is 1. The molecule has 0 unspecified atom stereocenters. The van der Waals surface area contributed by atoms with Gasteiger partial charge in [0.1, 0.15) is 17.2 Å². The van der Waals surface area contributed by atoms with Gasteiger partial charge in [-0.15, -0.1) is 0 Å². The standard InChI is InChI=1S/C21H18FNO5S/c1-29(26,27)23-9-3-2-4-19(25)16-10-15-17(12-24)21(28-20(15)11-18(16)23)13-5-7-14(22)8-6-13/h5-8,10-12H,2-4,9H2,1H3. The summed E-state index contributed by atoms with van der Waals surface area (Å²) >= 11 is 0. The quantitative estimate of drug-likeness (QED) is 0.599. The summed E-state index contributed by atoms with van der Waals surface area (Å²) in [5.74, 6) is -0.363. The van der Waals surface area contributed by atoms with Crippen molar-refractivity contribution in [1.82, 2.24) is 0 Å². The van der Waals surface area contributed by atoms with Gasteiger partial charge in [-0.3, -0.25) is 13.9 Å². The van der Waals surface area contributed by atoms with Crippen molar-refractivity contribution >= 4 is 38.7 Å². The number of sulfonamides is 1. The molecule has 0 bridgehead atoms. The van der Waals surface area contributed by atoms with Gasteiger partial charge < -0.3 is 4.42 Å². The van der Waals surface area contributed by atoms with Gasteiger partial charge in [-0.2, -0.15) is 0 Å². The second kappa shape index (κ2) is 7.11. The molecular weight excluding hydrogens is 397 g/mol. The van der Waals surface area contributed by atoms with Crippen LogP contribution in [0.15, 0.2) is 40.8 Å². The Morgan fingerprint density at radius 3 is 2.52 bits per heavy atom. The molecule has 1 aromatic heterocycles. The number of aldehydes is 1. The molecule has 2 heterocycles. The number of hydrogen-bond acceptors (Lipinski definition) is 5. The topological polar surface area (TPSA) is 84.7 Å². The summed E-state index contributed by atoms with van der Waals surface area (Å²) in [5, 5.41) is 0.417. The zero-order valence-electron chi connectivity index (χ0n) is 15.6. The Hall–Kier alpha value is -3.00. The fourth-order valence-corrected chi connectivity index (χ4v) is 4.62. The molecule has 1 aliphatic heterocycles. The number of anilines is 1. The van der Waals surface area contributed by atoms with E-state index in [0.29, 0.717) is 36.5 Å². The van der Waals surface area contributed by atoms with Gasteiger partial charge in [-0.05, 0) is 43.2 Å². The third-order valence-electron chi connectivity index (χ3n) is 5.05. The number of furan rings is 1. The van der Waals surface area contributed by atoms with E-state index < -0.39 is 15.8 Å². The van der Waals surface area contributed by atoms with E-state index in [1.807, 2.05) is 0 Å². The number of benzene rings is 2. The second-order valence-corrected chi connectivity index (χ2v) is 8.96. The first-order valence-electron chi connectivity index (χ1n) is 9.12. The molecule has 29 heavy (non-hydrogen) atoms. The zero-order chi connectivity index (χ0) is 20.8. The van der Waals surface area contributed by atoms with Crippen molar-refractivity contribution < 1.29 is 26.8 Å². The summed E-state index contributed by atoms with van der Waals surface area (Å²) in [4.78, 5) is 24.5. The third-order valence-corrected chi connectivity index (χ3v) is 6.23. The predicted octanol–water partition coefficient (Wildman–Crippen LogP) is 4.18. The summed E-state index contributed by atoms with van der Waals surface area (Å²) in [6, 6.07) is 8.51. The minimum atomic E-state index is -3.61. The molecule has 0 N–H and O–H groups in total. The number of nitrogens with zero attached hydrogens (tertiary/aromatic N) is 1. The van der Waals surface area contributed by atoms with Crippen LogP contribution in [-0.2, 0) is 10.0 Å². The molecule has 0 atom stereocenters. The van der Waals surface area contributed by atoms with Crippen molar-refractivity contribution in [3.63, 3.8) is 0 Å². The van der Waals surface area contributed by atoms with Crippen LogP contribution in [-0.4, -0.2) is 33.3 Å². The van der Waals surface area contributed by atoms with E-state index in [4.69, 9.17) is 4.42 Å². The highest BCUT2D eigenvalue weighted by atomic mass is 32.2. The Kier molecular flexibility index (Phi) is 4.74. The molecule has 150 valence electrons. The number of fused-ring (bicyclic) bond motifs is 2. The fourth-order valence-electron chi connectivity index (χ4n) is 3.65. The van der Waals surface area contributed by atoms with Crippen molar-refractivity contribution in [1.29, 1.82) is 0 Å². The third kappa shape index (κ3) is 3.44. The van der Waals surface area contributed by atoms with Gasteiger partial charge in [0, 0.05) is 35.5 Å². The summed E-state index contributed by atoms with van der Waals surface area (Å²) < 4.78 is 45.0. The maximum atomic E-state index is 13.3. The van der Waals surface area contributed by atoms with Gasteiger partial charge in [0.25, 0.3) is 0 Å². The van der Waals surface area contributed by atoms with Crippen LogP contribution in [0.3, 0.4) is 0 Å². The Morgan fingerprint density at radius 1 is 1.14 bits per heavy atom. The highest BCUT2D eigenvalue weighted by molar-refractivity contribution is 7.92. The van der Waals surface area contributed by atoms with E-state index >= 15 is 0 Å². The Balaban J connectivity index is 2.00. The number of carbonyl (C=O) groups excluding carboxylic acids is 2. The smallest absolute Gasteiger partial charge is 0.232 e.